The lowest BCUT2D eigenvalue weighted by molar-refractivity contribution is 0.102. The molecule has 102 valence electrons. The number of hydrogen-bond donors (Lipinski definition) is 0. The number of rotatable bonds is 4. The molecule has 0 radical (unpaired) electrons. The SMILES string of the molecule is O=C(CSc1nc2ncccn2n1)c1cc(Cl)sc1Cl. The van der Waals surface area contributed by atoms with Crippen LogP contribution in [-0.2, 0) is 0 Å². The van der Waals surface area contributed by atoms with E-state index in [1.165, 1.54) is 23.1 Å². The molecule has 0 bridgehead atoms. The lowest BCUT2D eigenvalue weighted by Gasteiger charge is -1.95. The molecule has 0 aliphatic carbocycles. The highest BCUT2D eigenvalue weighted by molar-refractivity contribution is 7.99. The number of hydrogen-bond acceptors (Lipinski definition) is 6. The fourth-order valence-electron chi connectivity index (χ4n) is 1.51. The van der Waals surface area contributed by atoms with Crippen LogP contribution in [0.25, 0.3) is 5.78 Å². The van der Waals surface area contributed by atoms with Crippen molar-refractivity contribution in [2.45, 2.75) is 5.16 Å². The van der Waals surface area contributed by atoms with Gasteiger partial charge in [-0.1, -0.05) is 35.0 Å². The first kappa shape index (κ1) is 13.8. The lowest BCUT2D eigenvalue weighted by atomic mass is 10.2. The molecule has 0 fully saturated rings. The van der Waals surface area contributed by atoms with Crippen LogP contribution in [-0.4, -0.2) is 31.1 Å². The summed E-state index contributed by atoms with van der Waals surface area (Å²) in [6, 6.07) is 3.34. The highest BCUT2D eigenvalue weighted by Gasteiger charge is 2.15. The summed E-state index contributed by atoms with van der Waals surface area (Å²) in [6.45, 7) is 0. The van der Waals surface area contributed by atoms with Gasteiger partial charge in [0.1, 0.15) is 4.34 Å². The average Bonchev–Trinajstić information content (AvgIpc) is 2.98. The minimum absolute atomic E-state index is 0.102. The van der Waals surface area contributed by atoms with Gasteiger partial charge >= 0.3 is 0 Å². The van der Waals surface area contributed by atoms with Crippen molar-refractivity contribution in [1.82, 2.24) is 19.6 Å². The van der Waals surface area contributed by atoms with E-state index in [0.717, 1.165) is 0 Å². The number of Topliss-reactive ketones (excluding diaryl/α,β-unsaturated/α-hetero) is 1. The molecule has 3 rings (SSSR count). The van der Waals surface area contributed by atoms with Crippen LogP contribution in [0, 0.1) is 0 Å². The highest BCUT2D eigenvalue weighted by Crippen LogP contribution is 2.32. The van der Waals surface area contributed by atoms with E-state index < -0.39 is 0 Å². The third-order valence-electron chi connectivity index (χ3n) is 2.39. The van der Waals surface area contributed by atoms with Crippen LogP contribution >= 0.6 is 46.3 Å². The molecule has 0 saturated carbocycles. The summed E-state index contributed by atoms with van der Waals surface area (Å²) in [7, 11) is 0. The van der Waals surface area contributed by atoms with Crippen molar-refractivity contribution in [3.05, 3.63) is 38.8 Å². The van der Waals surface area contributed by atoms with Crippen LogP contribution in [0.15, 0.2) is 29.7 Å². The molecule has 3 aromatic rings. The molecule has 0 atom stereocenters. The maximum Gasteiger partial charge on any atom is 0.253 e. The van der Waals surface area contributed by atoms with Crippen molar-refractivity contribution in [2.75, 3.05) is 5.75 Å². The maximum atomic E-state index is 12.0. The van der Waals surface area contributed by atoms with Gasteiger partial charge < -0.3 is 0 Å². The third-order valence-corrected chi connectivity index (χ3v) is 4.71. The lowest BCUT2D eigenvalue weighted by Crippen LogP contribution is -2.01. The Kier molecular flexibility index (Phi) is 3.93. The first-order valence-electron chi connectivity index (χ1n) is 5.42. The fraction of sp³-hybridized carbons (Fsp3) is 0.0909. The number of carbonyl (C=O) groups excluding carboxylic acids is 1. The number of carbonyl (C=O) groups is 1. The molecule has 0 N–H and O–H groups in total. The summed E-state index contributed by atoms with van der Waals surface area (Å²) in [5.74, 6) is 0.595. The minimum atomic E-state index is -0.102. The second kappa shape index (κ2) is 5.69. The molecule has 0 unspecified atom stereocenters. The van der Waals surface area contributed by atoms with E-state index in [0.29, 0.717) is 25.2 Å². The van der Waals surface area contributed by atoms with E-state index >= 15 is 0 Å². The standard InChI is InChI=1S/C11H6Cl2N4OS2/c12-8-4-6(9(13)20-8)7(18)5-19-11-15-10-14-2-1-3-17(10)16-11/h1-4H,5H2. The normalized spacial score (nSPS) is 11.1. The van der Waals surface area contributed by atoms with Gasteiger partial charge in [-0.3, -0.25) is 4.79 Å². The molecule has 20 heavy (non-hydrogen) atoms. The van der Waals surface area contributed by atoms with Crippen molar-refractivity contribution < 1.29 is 4.79 Å². The van der Waals surface area contributed by atoms with Gasteiger partial charge in [0.05, 0.1) is 10.1 Å². The zero-order valence-corrected chi connectivity index (χ0v) is 12.9. The fourth-order valence-corrected chi connectivity index (χ4v) is 3.72. The summed E-state index contributed by atoms with van der Waals surface area (Å²) in [5, 5.41) is 4.70. The molecule has 5 nitrogen and oxygen atoms in total. The first-order valence-corrected chi connectivity index (χ1v) is 7.97. The Labute approximate surface area is 131 Å². The number of thiophene rings is 1. The highest BCUT2D eigenvalue weighted by atomic mass is 35.5. The molecule has 3 heterocycles. The smallest absolute Gasteiger partial charge is 0.253 e. The third kappa shape index (κ3) is 2.80. The molecule has 0 spiro atoms. The number of halogens is 2. The van der Waals surface area contributed by atoms with Gasteiger partial charge in [0.15, 0.2) is 5.78 Å². The largest absolute Gasteiger partial charge is 0.293 e. The summed E-state index contributed by atoms with van der Waals surface area (Å²) in [4.78, 5) is 20.3. The summed E-state index contributed by atoms with van der Waals surface area (Å²) >= 11 is 14.2. The number of nitrogens with zero attached hydrogens (tertiary/aromatic N) is 4. The molecular formula is C11H6Cl2N4OS2. The van der Waals surface area contributed by atoms with E-state index in [4.69, 9.17) is 23.2 Å². The molecule has 9 heteroatoms. The van der Waals surface area contributed by atoms with Crippen LogP contribution in [0.2, 0.25) is 8.67 Å². The Balaban J connectivity index is 1.73. The van der Waals surface area contributed by atoms with E-state index in [2.05, 4.69) is 15.1 Å². The zero-order chi connectivity index (χ0) is 14.1. The van der Waals surface area contributed by atoms with E-state index in [9.17, 15) is 4.79 Å². The van der Waals surface area contributed by atoms with Crippen molar-refractivity contribution >= 4 is 57.9 Å². The Morgan fingerprint density at radius 3 is 3.00 bits per heavy atom. The molecule has 0 aliphatic heterocycles. The predicted molar refractivity (Wildman–Crippen MR) is 80.2 cm³/mol. The van der Waals surface area contributed by atoms with Gasteiger partial charge in [-0.2, -0.15) is 4.98 Å². The van der Waals surface area contributed by atoms with Crippen LogP contribution in [0.3, 0.4) is 0 Å². The van der Waals surface area contributed by atoms with E-state index in [1.54, 1.807) is 29.0 Å². The van der Waals surface area contributed by atoms with Crippen molar-refractivity contribution in [3.8, 4) is 0 Å². The zero-order valence-electron chi connectivity index (χ0n) is 9.79. The molecule has 0 aliphatic rings. The van der Waals surface area contributed by atoms with E-state index in [1.807, 2.05) is 0 Å². The number of aromatic nitrogens is 4. The first-order chi connectivity index (χ1) is 9.63. The van der Waals surface area contributed by atoms with Crippen LogP contribution in [0.1, 0.15) is 10.4 Å². The quantitative estimate of drug-likeness (QED) is 0.535. The van der Waals surface area contributed by atoms with E-state index in [-0.39, 0.29) is 11.5 Å². The molecular weight excluding hydrogens is 339 g/mol. The summed E-state index contributed by atoms with van der Waals surface area (Å²) in [5.41, 5.74) is 0.441. The summed E-state index contributed by atoms with van der Waals surface area (Å²) < 4.78 is 2.46. The van der Waals surface area contributed by atoms with Gasteiger partial charge in [-0.15, -0.1) is 16.4 Å². The maximum absolute atomic E-state index is 12.0. The second-order valence-corrected chi connectivity index (χ2v) is 6.94. The number of ketones is 1. The molecule has 3 aromatic heterocycles. The summed E-state index contributed by atoms with van der Waals surface area (Å²) in [6.07, 6.45) is 3.38. The van der Waals surface area contributed by atoms with Gasteiger partial charge in [-0.05, 0) is 12.1 Å². The Bertz CT molecular complexity index is 753. The molecule has 0 saturated heterocycles. The monoisotopic (exact) mass is 344 g/mol. The van der Waals surface area contributed by atoms with Gasteiger partial charge in [0, 0.05) is 18.0 Å². The van der Waals surface area contributed by atoms with Crippen LogP contribution in [0.4, 0.5) is 0 Å². The molecule has 0 amide bonds. The van der Waals surface area contributed by atoms with Crippen molar-refractivity contribution in [2.24, 2.45) is 0 Å². The van der Waals surface area contributed by atoms with Gasteiger partial charge in [-0.25, -0.2) is 9.50 Å². The Morgan fingerprint density at radius 1 is 1.45 bits per heavy atom. The predicted octanol–water partition coefficient (Wildman–Crippen LogP) is 3.47. The van der Waals surface area contributed by atoms with Crippen LogP contribution in [0.5, 0.6) is 0 Å². The average molecular weight is 345 g/mol. The number of fused-ring (bicyclic) bond motifs is 1. The van der Waals surface area contributed by atoms with Crippen LogP contribution < -0.4 is 0 Å². The number of thioether (sulfide) groups is 1. The van der Waals surface area contributed by atoms with Gasteiger partial charge in [0.25, 0.3) is 5.78 Å². The Morgan fingerprint density at radius 2 is 2.30 bits per heavy atom. The van der Waals surface area contributed by atoms with Crippen molar-refractivity contribution in [1.29, 1.82) is 0 Å². The molecule has 0 aromatic carbocycles. The topological polar surface area (TPSA) is 60.2 Å². The van der Waals surface area contributed by atoms with Crippen molar-refractivity contribution in [3.63, 3.8) is 0 Å². The van der Waals surface area contributed by atoms with Gasteiger partial charge in [0.2, 0.25) is 5.16 Å². The second-order valence-electron chi connectivity index (χ2n) is 3.71. The minimum Gasteiger partial charge on any atom is -0.293 e. The Hall–Kier alpha value is -1.15.